The summed E-state index contributed by atoms with van der Waals surface area (Å²) < 4.78 is 11.6. The summed E-state index contributed by atoms with van der Waals surface area (Å²) in [6.07, 6.45) is 12.2. The minimum Gasteiger partial charge on any atom is -0.457 e. The molecule has 3 rings (SSSR count). The standard InChI is InChI=1S/C41H67N3O6/c1-8-37(49-7)32(5)36(46)27-38(43-28-33-16-18-34(19-17-33)44-24-11-22-42-23-25-44)41(6,48)21-10-14-31(4)40-30(3)13-9-12-29(2)15-20-35(45)26-39(47)50-40/h9-10,13-14,16-19,21,29-30,32,35-38,40,42-43,45-46,48H,8,11-12,15,20,22-28H2,1-7H3/b13-9+,21-10+,31-14+/t29?,30-,32-,35+,36?,37-,38?,40-,41?/m0/s1. The zero-order valence-corrected chi connectivity index (χ0v) is 31.8. The SMILES string of the molecule is CC[C@H](OC)[C@@H](C)C(O)CC(NCc1ccc(N2CCCNCC2)cc1)C(C)(O)/C=C/C=C(\C)[C@H]1OC(=O)C[C@H](O)CCC(C)C/C=C/[C@@H]1C. The number of aliphatic hydroxyl groups is 3. The molecule has 4 unspecified atom stereocenters. The topological polar surface area (TPSA) is 124 Å². The van der Waals surface area contributed by atoms with Gasteiger partial charge in [0.2, 0.25) is 0 Å². The predicted molar refractivity (Wildman–Crippen MR) is 203 cm³/mol. The van der Waals surface area contributed by atoms with E-state index in [-0.39, 0.29) is 24.4 Å². The van der Waals surface area contributed by atoms with Crippen molar-refractivity contribution in [1.82, 2.24) is 10.6 Å². The molecule has 2 aliphatic rings. The number of allylic oxidation sites excluding steroid dienone is 3. The largest absolute Gasteiger partial charge is 0.457 e. The second kappa shape index (κ2) is 21.1. The molecule has 2 aliphatic heterocycles. The van der Waals surface area contributed by atoms with Gasteiger partial charge in [0.05, 0.1) is 30.3 Å². The van der Waals surface area contributed by atoms with Crippen LogP contribution in [0.2, 0.25) is 0 Å². The van der Waals surface area contributed by atoms with Gasteiger partial charge in [0.1, 0.15) is 6.10 Å². The molecule has 0 bridgehead atoms. The van der Waals surface area contributed by atoms with Gasteiger partial charge in [0.25, 0.3) is 0 Å². The lowest BCUT2D eigenvalue weighted by Gasteiger charge is -2.35. The number of ether oxygens (including phenoxy) is 2. The number of carbonyl (C=O) groups excluding carboxylic acids is 1. The molecule has 0 saturated carbocycles. The van der Waals surface area contributed by atoms with Gasteiger partial charge < -0.3 is 40.3 Å². The molecule has 0 radical (unpaired) electrons. The van der Waals surface area contributed by atoms with Crippen molar-refractivity contribution in [3.63, 3.8) is 0 Å². The van der Waals surface area contributed by atoms with Gasteiger partial charge >= 0.3 is 5.97 Å². The predicted octanol–water partition coefficient (Wildman–Crippen LogP) is 5.69. The highest BCUT2D eigenvalue weighted by Gasteiger charge is 2.34. The number of hydrogen-bond donors (Lipinski definition) is 5. The average molecular weight is 698 g/mol. The molecule has 0 aliphatic carbocycles. The third-order valence-corrected chi connectivity index (χ3v) is 10.6. The maximum absolute atomic E-state index is 12.8. The van der Waals surface area contributed by atoms with Gasteiger partial charge in [-0.1, -0.05) is 70.2 Å². The molecule has 2 heterocycles. The van der Waals surface area contributed by atoms with E-state index in [1.54, 1.807) is 20.1 Å². The van der Waals surface area contributed by atoms with Crippen LogP contribution in [0, 0.1) is 17.8 Å². The van der Waals surface area contributed by atoms with Crippen molar-refractivity contribution in [2.75, 3.05) is 38.2 Å². The summed E-state index contributed by atoms with van der Waals surface area (Å²) in [6.45, 7) is 16.5. The molecule has 0 amide bonds. The monoisotopic (exact) mass is 698 g/mol. The molecule has 1 fully saturated rings. The fourth-order valence-corrected chi connectivity index (χ4v) is 7.08. The number of nitrogens with one attached hydrogen (secondary N) is 2. The molecule has 9 atom stereocenters. The lowest BCUT2D eigenvalue weighted by molar-refractivity contribution is -0.151. The van der Waals surface area contributed by atoms with Crippen LogP contribution in [-0.4, -0.2) is 90.6 Å². The third kappa shape index (κ3) is 13.5. The molecule has 1 aromatic carbocycles. The molecule has 1 saturated heterocycles. The van der Waals surface area contributed by atoms with Crippen molar-refractivity contribution in [1.29, 1.82) is 0 Å². The van der Waals surface area contributed by atoms with Crippen molar-refractivity contribution < 1.29 is 29.6 Å². The van der Waals surface area contributed by atoms with E-state index in [9.17, 15) is 20.1 Å². The molecule has 0 aromatic heterocycles. The van der Waals surface area contributed by atoms with E-state index in [1.165, 1.54) is 5.69 Å². The summed E-state index contributed by atoms with van der Waals surface area (Å²) in [5.41, 5.74) is 1.83. The first kappa shape index (κ1) is 41.9. The smallest absolute Gasteiger partial charge is 0.309 e. The van der Waals surface area contributed by atoms with Gasteiger partial charge in [-0.2, -0.15) is 0 Å². The Labute approximate surface area is 302 Å². The Morgan fingerprint density at radius 1 is 1.20 bits per heavy atom. The fourth-order valence-electron chi connectivity index (χ4n) is 7.08. The number of carbonyl (C=O) groups is 1. The van der Waals surface area contributed by atoms with Crippen molar-refractivity contribution in [2.24, 2.45) is 17.8 Å². The number of nitrogens with zero attached hydrogens (tertiary/aromatic N) is 1. The number of benzene rings is 1. The van der Waals surface area contributed by atoms with E-state index in [4.69, 9.17) is 9.47 Å². The number of rotatable bonds is 14. The Morgan fingerprint density at radius 3 is 2.64 bits per heavy atom. The van der Waals surface area contributed by atoms with Gasteiger partial charge in [0, 0.05) is 56.9 Å². The van der Waals surface area contributed by atoms with Crippen LogP contribution in [0.25, 0.3) is 0 Å². The summed E-state index contributed by atoms with van der Waals surface area (Å²) in [4.78, 5) is 15.2. The second-order valence-corrected chi connectivity index (χ2v) is 15.0. The average Bonchev–Trinajstić information content (AvgIpc) is 3.38. The van der Waals surface area contributed by atoms with Crippen LogP contribution in [-0.2, 0) is 20.8 Å². The summed E-state index contributed by atoms with van der Waals surface area (Å²) in [6, 6.07) is 8.12. The lowest BCUT2D eigenvalue weighted by atomic mass is 9.85. The first-order valence-electron chi connectivity index (χ1n) is 19.0. The maximum Gasteiger partial charge on any atom is 0.309 e. The number of cyclic esters (lactones) is 1. The minimum atomic E-state index is -1.32. The number of esters is 1. The van der Waals surface area contributed by atoms with Gasteiger partial charge in [-0.3, -0.25) is 4.79 Å². The molecule has 9 heteroatoms. The summed E-state index contributed by atoms with van der Waals surface area (Å²) in [5.74, 6) is -0.167. The number of methoxy groups -OCH3 is 1. The highest BCUT2D eigenvalue weighted by Crippen LogP contribution is 2.26. The Morgan fingerprint density at radius 2 is 1.94 bits per heavy atom. The molecule has 50 heavy (non-hydrogen) atoms. The van der Waals surface area contributed by atoms with Crippen LogP contribution in [0.1, 0.15) is 92.1 Å². The Kier molecular flexibility index (Phi) is 17.7. The van der Waals surface area contributed by atoms with E-state index in [0.717, 1.165) is 63.0 Å². The third-order valence-electron chi connectivity index (χ3n) is 10.6. The van der Waals surface area contributed by atoms with E-state index < -0.39 is 35.9 Å². The van der Waals surface area contributed by atoms with E-state index in [1.807, 2.05) is 39.8 Å². The zero-order valence-electron chi connectivity index (χ0n) is 31.8. The first-order chi connectivity index (χ1) is 23.8. The quantitative estimate of drug-likeness (QED) is 0.0949. The highest BCUT2D eigenvalue weighted by molar-refractivity contribution is 5.70. The van der Waals surface area contributed by atoms with Crippen LogP contribution >= 0.6 is 0 Å². The number of hydrogen-bond acceptors (Lipinski definition) is 9. The lowest BCUT2D eigenvalue weighted by Crippen LogP contribution is -2.50. The second-order valence-electron chi connectivity index (χ2n) is 15.0. The van der Waals surface area contributed by atoms with Crippen molar-refractivity contribution >= 4 is 11.7 Å². The van der Waals surface area contributed by atoms with Gasteiger partial charge in [-0.15, -0.1) is 0 Å². The minimum absolute atomic E-state index is 0.0218. The van der Waals surface area contributed by atoms with Crippen LogP contribution in [0.5, 0.6) is 0 Å². The molecule has 0 spiro atoms. The van der Waals surface area contributed by atoms with Crippen molar-refractivity contribution in [3.05, 3.63) is 65.8 Å². The van der Waals surface area contributed by atoms with Gasteiger partial charge in [0.15, 0.2) is 0 Å². The molecule has 5 N–H and O–H groups in total. The van der Waals surface area contributed by atoms with E-state index >= 15 is 0 Å². The normalized spacial score (nSPS) is 27.6. The van der Waals surface area contributed by atoms with Crippen LogP contribution < -0.4 is 15.5 Å². The van der Waals surface area contributed by atoms with Crippen LogP contribution in [0.4, 0.5) is 5.69 Å². The van der Waals surface area contributed by atoms with Crippen molar-refractivity contribution in [3.8, 4) is 0 Å². The van der Waals surface area contributed by atoms with Crippen LogP contribution in [0.15, 0.2) is 60.2 Å². The van der Waals surface area contributed by atoms with Crippen molar-refractivity contribution in [2.45, 2.75) is 129 Å². The molecule has 9 nitrogen and oxygen atoms in total. The van der Waals surface area contributed by atoms with E-state index in [2.05, 4.69) is 58.9 Å². The first-order valence-corrected chi connectivity index (χ1v) is 19.0. The number of anilines is 1. The molecular weight excluding hydrogens is 630 g/mol. The molecular formula is C41H67N3O6. The molecule has 282 valence electrons. The summed E-state index contributed by atoms with van der Waals surface area (Å²) >= 11 is 0. The Hall–Kier alpha value is -2.53. The van der Waals surface area contributed by atoms with Gasteiger partial charge in [-0.05, 0) is 88.1 Å². The fraction of sp³-hybridized carbons (Fsp3) is 0.683. The zero-order chi connectivity index (χ0) is 36.7. The summed E-state index contributed by atoms with van der Waals surface area (Å²) in [5, 5.41) is 40.6. The van der Waals surface area contributed by atoms with Crippen LogP contribution in [0.3, 0.4) is 0 Å². The molecule has 1 aromatic rings. The maximum atomic E-state index is 12.8. The summed E-state index contributed by atoms with van der Waals surface area (Å²) in [7, 11) is 1.67. The Balaban J connectivity index is 1.79. The Bertz CT molecular complexity index is 1220. The van der Waals surface area contributed by atoms with Gasteiger partial charge in [-0.25, -0.2) is 0 Å². The highest BCUT2D eigenvalue weighted by atomic mass is 16.5. The van der Waals surface area contributed by atoms with E-state index in [0.29, 0.717) is 25.3 Å². The number of aliphatic hydroxyl groups excluding tert-OH is 2.